The van der Waals surface area contributed by atoms with Crippen LogP contribution < -0.4 is 11.1 Å². The van der Waals surface area contributed by atoms with Gasteiger partial charge in [-0.15, -0.1) is 0 Å². The molecule has 1 rings (SSSR count). The molecular formula is C14H26N4OS. The first-order valence-corrected chi connectivity index (χ1v) is 8.50. The average Bonchev–Trinajstić information content (AvgIpc) is 2.76. The summed E-state index contributed by atoms with van der Waals surface area (Å²) >= 11 is 1.70. The summed E-state index contributed by atoms with van der Waals surface area (Å²) in [6.07, 6.45) is 4.51. The summed E-state index contributed by atoms with van der Waals surface area (Å²) in [7, 11) is 1.95. The molecule has 0 aliphatic rings. The van der Waals surface area contributed by atoms with Gasteiger partial charge in [-0.1, -0.05) is 13.8 Å². The number of aryl methyl sites for hydroxylation is 2. The van der Waals surface area contributed by atoms with Crippen molar-refractivity contribution in [1.29, 1.82) is 0 Å². The predicted octanol–water partition coefficient (Wildman–Crippen LogP) is 1.24. The maximum absolute atomic E-state index is 12.0. The molecule has 1 heterocycles. The fourth-order valence-corrected chi connectivity index (χ4v) is 2.77. The van der Waals surface area contributed by atoms with Gasteiger partial charge in [0, 0.05) is 24.8 Å². The molecule has 0 saturated carbocycles. The number of carbonyl (C=O) groups is 1. The van der Waals surface area contributed by atoms with Crippen molar-refractivity contribution < 1.29 is 4.79 Å². The van der Waals surface area contributed by atoms with Crippen molar-refractivity contribution in [2.75, 3.05) is 12.0 Å². The number of thioether (sulfide) groups is 1. The van der Waals surface area contributed by atoms with Crippen molar-refractivity contribution in [2.24, 2.45) is 12.8 Å². The van der Waals surface area contributed by atoms with Crippen molar-refractivity contribution in [2.45, 2.75) is 45.7 Å². The Morgan fingerprint density at radius 1 is 1.45 bits per heavy atom. The third-order valence-corrected chi connectivity index (χ3v) is 4.08. The van der Waals surface area contributed by atoms with Crippen LogP contribution in [0.25, 0.3) is 0 Å². The summed E-state index contributed by atoms with van der Waals surface area (Å²) in [6.45, 7) is 4.70. The highest BCUT2D eigenvalue weighted by molar-refractivity contribution is 7.98. The van der Waals surface area contributed by atoms with Crippen LogP contribution >= 0.6 is 11.8 Å². The van der Waals surface area contributed by atoms with Crippen LogP contribution in [0.15, 0.2) is 0 Å². The van der Waals surface area contributed by atoms with Crippen LogP contribution in [0.5, 0.6) is 0 Å². The van der Waals surface area contributed by atoms with Gasteiger partial charge in [-0.2, -0.15) is 16.9 Å². The van der Waals surface area contributed by atoms with Gasteiger partial charge < -0.3 is 11.1 Å². The molecular weight excluding hydrogens is 272 g/mol. The molecule has 0 spiro atoms. The summed E-state index contributed by atoms with van der Waals surface area (Å²) in [5.74, 6) is 0.828. The highest BCUT2D eigenvalue weighted by Gasteiger charge is 2.17. The number of rotatable bonds is 8. The van der Waals surface area contributed by atoms with Crippen LogP contribution in [-0.4, -0.2) is 33.7 Å². The Morgan fingerprint density at radius 3 is 2.70 bits per heavy atom. The van der Waals surface area contributed by atoms with E-state index in [0.717, 1.165) is 29.9 Å². The first kappa shape index (κ1) is 17.0. The second kappa shape index (κ2) is 8.32. The molecule has 0 aliphatic heterocycles. The minimum absolute atomic E-state index is 0.0768. The van der Waals surface area contributed by atoms with E-state index in [9.17, 15) is 4.79 Å². The van der Waals surface area contributed by atoms with Crippen LogP contribution in [0.2, 0.25) is 0 Å². The van der Waals surface area contributed by atoms with Crippen molar-refractivity contribution in [1.82, 2.24) is 15.1 Å². The number of carbonyl (C=O) groups excluding carboxylic acids is 1. The van der Waals surface area contributed by atoms with Gasteiger partial charge in [0.05, 0.1) is 11.7 Å². The van der Waals surface area contributed by atoms with E-state index < -0.39 is 6.04 Å². The zero-order valence-electron chi connectivity index (χ0n) is 12.9. The summed E-state index contributed by atoms with van der Waals surface area (Å²) in [5, 5.41) is 7.45. The van der Waals surface area contributed by atoms with Gasteiger partial charge in [0.25, 0.3) is 0 Å². The van der Waals surface area contributed by atoms with Gasteiger partial charge in [-0.05, 0) is 31.3 Å². The van der Waals surface area contributed by atoms with Crippen LogP contribution in [0.1, 0.15) is 37.2 Å². The van der Waals surface area contributed by atoms with Crippen molar-refractivity contribution in [3.63, 3.8) is 0 Å². The normalized spacial score (nSPS) is 12.4. The number of aromatic nitrogens is 2. The first-order chi connectivity index (χ1) is 9.54. The Balaban J connectivity index is 2.67. The molecule has 1 amide bonds. The fourth-order valence-electron chi connectivity index (χ4n) is 2.28. The smallest absolute Gasteiger partial charge is 0.237 e. The predicted molar refractivity (Wildman–Crippen MR) is 84.8 cm³/mol. The number of nitrogens with one attached hydrogen (secondary N) is 1. The molecule has 0 radical (unpaired) electrons. The highest BCUT2D eigenvalue weighted by Crippen LogP contribution is 2.15. The lowest BCUT2D eigenvalue weighted by molar-refractivity contribution is -0.122. The van der Waals surface area contributed by atoms with Crippen LogP contribution in [-0.2, 0) is 31.2 Å². The van der Waals surface area contributed by atoms with Crippen molar-refractivity contribution in [3.05, 3.63) is 17.0 Å². The zero-order valence-corrected chi connectivity index (χ0v) is 13.7. The summed E-state index contributed by atoms with van der Waals surface area (Å²) < 4.78 is 1.91. The molecule has 1 unspecified atom stereocenters. The van der Waals surface area contributed by atoms with Gasteiger partial charge in [0.1, 0.15) is 0 Å². The van der Waals surface area contributed by atoms with Crippen molar-refractivity contribution >= 4 is 17.7 Å². The molecule has 3 N–H and O–H groups in total. The van der Waals surface area contributed by atoms with Gasteiger partial charge in [0.2, 0.25) is 5.91 Å². The highest BCUT2D eigenvalue weighted by atomic mass is 32.2. The second-order valence-electron chi connectivity index (χ2n) is 4.81. The summed E-state index contributed by atoms with van der Waals surface area (Å²) in [6, 6.07) is -0.422. The average molecular weight is 298 g/mol. The summed E-state index contributed by atoms with van der Waals surface area (Å²) in [5.41, 5.74) is 9.25. The lowest BCUT2D eigenvalue weighted by Gasteiger charge is -2.12. The summed E-state index contributed by atoms with van der Waals surface area (Å²) in [4.78, 5) is 12.0. The maximum Gasteiger partial charge on any atom is 0.237 e. The third-order valence-electron chi connectivity index (χ3n) is 3.44. The SMILES string of the molecule is CCc1nn(C)c(CC)c1CNC(=O)C(N)CCSC. The molecule has 0 aliphatic carbocycles. The number of hydrogen-bond donors (Lipinski definition) is 2. The van der Waals surface area contributed by atoms with Gasteiger partial charge in [-0.3, -0.25) is 9.48 Å². The molecule has 0 bridgehead atoms. The Labute approximate surface area is 125 Å². The lowest BCUT2D eigenvalue weighted by Crippen LogP contribution is -2.40. The number of nitrogens with two attached hydrogens (primary N) is 1. The zero-order chi connectivity index (χ0) is 15.1. The van der Waals surface area contributed by atoms with Crippen LogP contribution in [0.4, 0.5) is 0 Å². The molecule has 20 heavy (non-hydrogen) atoms. The van der Waals surface area contributed by atoms with Crippen LogP contribution in [0, 0.1) is 0 Å². The number of amides is 1. The van der Waals surface area contributed by atoms with E-state index in [1.807, 2.05) is 18.0 Å². The molecule has 0 saturated heterocycles. The van der Waals surface area contributed by atoms with Gasteiger partial charge in [0.15, 0.2) is 0 Å². The molecule has 1 atom stereocenters. The maximum atomic E-state index is 12.0. The minimum Gasteiger partial charge on any atom is -0.351 e. The standard InChI is InChI=1S/C14H26N4OS/c1-5-12-10(13(6-2)18(3)17-12)9-16-14(19)11(15)7-8-20-4/h11H,5-9,15H2,1-4H3,(H,16,19). The Hall–Kier alpha value is -1.01. The van der Waals surface area contributed by atoms with E-state index in [0.29, 0.717) is 13.0 Å². The van der Waals surface area contributed by atoms with Crippen LogP contribution in [0.3, 0.4) is 0 Å². The largest absolute Gasteiger partial charge is 0.351 e. The molecule has 5 nitrogen and oxygen atoms in total. The van der Waals surface area contributed by atoms with E-state index >= 15 is 0 Å². The van der Waals surface area contributed by atoms with E-state index in [2.05, 4.69) is 24.3 Å². The third kappa shape index (κ3) is 4.24. The Kier molecular flexibility index (Phi) is 7.09. The van der Waals surface area contributed by atoms with E-state index in [4.69, 9.17) is 5.73 Å². The van der Waals surface area contributed by atoms with E-state index in [-0.39, 0.29) is 5.91 Å². The topological polar surface area (TPSA) is 72.9 Å². The fraction of sp³-hybridized carbons (Fsp3) is 0.714. The minimum atomic E-state index is -0.422. The lowest BCUT2D eigenvalue weighted by atomic mass is 10.1. The first-order valence-electron chi connectivity index (χ1n) is 7.10. The molecule has 114 valence electrons. The molecule has 0 aromatic carbocycles. The van der Waals surface area contributed by atoms with Gasteiger partial charge >= 0.3 is 0 Å². The number of nitrogens with zero attached hydrogens (tertiary/aromatic N) is 2. The monoisotopic (exact) mass is 298 g/mol. The van der Waals surface area contributed by atoms with E-state index in [1.54, 1.807) is 11.8 Å². The Morgan fingerprint density at radius 2 is 2.15 bits per heavy atom. The Bertz CT molecular complexity index is 445. The number of hydrogen-bond acceptors (Lipinski definition) is 4. The quantitative estimate of drug-likeness (QED) is 0.757. The second-order valence-corrected chi connectivity index (χ2v) is 5.79. The van der Waals surface area contributed by atoms with Gasteiger partial charge in [-0.25, -0.2) is 0 Å². The molecule has 1 aromatic heterocycles. The molecule has 6 heteroatoms. The van der Waals surface area contributed by atoms with Crippen molar-refractivity contribution in [3.8, 4) is 0 Å². The van der Waals surface area contributed by atoms with E-state index in [1.165, 1.54) is 5.69 Å². The molecule has 1 aromatic rings. The molecule has 0 fully saturated rings.